The van der Waals surface area contributed by atoms with Crippen molar-refractivity contribution in [2.45, 2.75) is 39.4 Å². The number of carboxylic acids is 1. The molecule has 0 aromatic carbocycles. The molecule has 4 nitrogen and oxygen atoms in total. The maximum absolute atomic E-state index is 11.6. The summed E-state index contributed by atoms with van der Waals surface area (Å²) in [7, 11) is 0. The highest BCUT2D eigenvalue weighted by Crippen LogP contribution is 2.32. The zero-order chi connectivity index (χ0) is 13.0. The second-order valence-corrected chi connectivity index (χ2v) is 6.56. The summed E-state index contributed by atoms with van der Waals surface area (Å²) in [5, 5.41) is 9.11. The predicted octanol–water partition coefficient (Wildman–Crippen LogP) is 2.17. The predicted molar refractivity (Wildman–Crippen MR) is 64.6 cm³/mol. The number of carbonyl (C=O) groups excluding carboxylic acids is 1. The lowest BCUT2D eigenvalue weighted by molar-refractivity contribution is -0.165. The average molecular weight is 248 g/mol. The monoisotopic (exact) mass is 248 g/mol. The van der Waals surface area contributed by atoms with E-state index in [0.29, 0.717) is 0 Å². The van der Waals surface area contributed by atoms with Crippen LogP contribution in [0.15, 0.2) is 0 Å². The molecule has 0 spiro atoms. The van der Waals surface area contributed by atoms with Crippen molar-refractivity contribution in [3.8, 4) is 0 Å². The number of esters is 1. The molecule has 0 aromatic heterocycles. The first-order valence-corrected chi connectivity index (χ1v) is 6.16. The Balaban J connectivity index is 4.71. The molecule has 0 saturated carbocycles. The van der Waals surface area contributed by atoms with Gasteiger partial charge in [0.15, 0.2) is 5.41 Å². The second-order valence-electron chi connectivity index (χ2n) is 4.76. The first kappa shape index (κ1) is 15.3. The van der Waals surface area contributed by atoms with Gasteiger partial charge in [0, 0.05) is 10.5 Å². The maximum Gasteiger partial charge on any atom is 0.324 e. The second kappa shape index (κ2) is 5.57. The average Bonchev–Trinajstić information content (AvgIpc) is 2.13. The van der Waals surface area contributed by atoms with Gasteiger partial charge >= 0.3 is 11.9 Å². The van der Waals surface area contributed by atoms with Crippen molar-refractivity contribution in [1.82, 2.24) is 0 Å². The minimum Gasteiger partial charge on any atom is -0.480 e. The van der Waals surface area contributed by atoms with E-state index in [9.17, 15) is 9.59 Å². The lowest BCUT2D eigenvalue weighted by Gasteiger charge is -2.26. The highest BCUT2D eigenvalue weighted by Gasteiger charge is 2.43. The molecule has 0 fully saturated rings. The van der Waals surface area contributed by atoms with Crippen LogP contribution in [0.1, 0.15) is 34.6 Å². The van der Waals surface area contributed by atoms with Gasteiger partial charge in [-0.2, -0.15) is 11.8 Å². The fourth-order valence-electron chi connectivity index (χ4n) is 0.859. The van der Waals surface area contributed by atoms with E-state index in [4.69, 9.17) is 9.84 Å². The summed E-state index contributed by atoms with van der Waals surface area (Å²) in [6.07, 6.45) is 0. The number of aliphatic carboxylic acids is 1. The molecule has 94 valence electrons. The van der Waals surface area contributed by atoms with Crippen LogP contribution >= 0.6 is 11.8 Å². The number of thioether (sulfide) groups is 1. The van der Waals surface area contributed by atoms with Crippen LogP contribution < -0.4 is 0 Å². The van der Waals surface area contributed by atoms with E-state index in [1.54, 1.807) is 6.92 Å². The van der Waals surface area contributed by atoms with Gasteiger partial charge < -0.3 is 9.84 Å². The quantitative estimate of drug-likeness (QED) is 0.596. The van der Waals surface area contributed by atoms with Crippen molar-refractivity contribution in [1.29, 1.82) is 0 Å². The summed E-state index contributed by atoms with van der Waals surface area (Å²) < 4.78 is 4.72. The van der Waals surface area contributed by atoms with Gasteiger partial charge in [-0.25, -0.2) is 0 Å². The summed E-state index contributed by atoms with van der Waals surface area (Å²) in [5.41, 5.74) is -1.46. The number of hydrogen-bond donors (Lipinski definition) is 1. The molecule has 0 aliphatic heterocycles. The van der Waals surface area contributed by atoms with Crippen LogP contribution in [0, 0.1) is 5.41 Å². The Morgan fingerprint density at radius 1 is 1.25 bits per heavy atom. The molecule has 0 aliphatic rings. The molecular formula is C11H20O4S. The van der Waals surface area contributed by atoms with Crippen molar-refractivity contribution < 1.29 is 19.4 Å². The van der Waals surface area contributed by atoms with Crippen LogP contribution in [0.4, 0.5) is 0 Å². The molecule has 5 heteroatoms. The molecule has 0 saturated heterocycles. The Labute approximate surface area is 101 Å². The smallest absolute Gasteiger partial charge is 0.324 e. The maximum atomic E-state index is 11.6. The van der Waals surface area contributed by atoms with Crippen molar-refractivity contribution in [2.24, 2.45) is 5.41 Å². The highest BCUT2D eigenvalue weighted by molar-refractivity contribution is 8.00. The number of carbonyl (C=O) groups is 2. The van der Waals surface area contributed by atoms with Crippen molar-refractivity contribution in [3.05, 3.63) is 0 Å². The molecule has 0 rings (SSSR count). The van der Waals surface area contributed by atoms with Crippen molar-refractivity contribution in [3.63, 3.8) is 0 Å². The molecule has 0 aromatic rings. The first-order valence-electron chi connectivity index (χ1n) is 5.18. The van der Waals surface area contributed by atoms with Crippen LogP contribution in [0.2, 0.25) is 0 Å². The molecule has 16 heavy (non-hydrogen) atoms. The first-order chi connectivity index (χ1) is 7.13. The molecule has 1 atom stereocenters. The van der Waals surface area contributed by atoms with E-state index in [0.717, 1.165) is 0 Å². The lowest BCUT2D eigenvalue weighted by atomic mass is 9.94. The van der Waals surface area contributed by atoms with E-state index in [-0.39, 0.29) is 17.1 Å². The van der Waals surface area contributed by atoms with Gasteiger partial charge in [0.2, 0.25) is 0 Å². The van der Waals surface area contributed by atoms with Gasteiger partial charge in [-0.05, 0) is 13.8 Å². The van der Waals surface area contributed by atoms with Crippen LogP contribution in [0.25, 0.3) is 0 Å². The summed E-state index contributed by atoms with van der Waals surface area (Å²) in [4.78, 5) is 22.7. The largest absolute Gasteiger partial charge is 0.480 e. The lowest BCUT2D eigenvalue weighted by Crippen LogP contribution is -2.41. The van der Waals surface area contributed by atoms with Gasteiger partial charge in [-0.3, -0.25) is 9.59 Å². The standard InChI is InChI=1S/C11H20O4S/c1-6-15-9(14)11(5,8(12)13)7-16-10(2,3)4/h6-7H2,1-5H3,(H,12,13)/t11-/m1/s1. The van der Waals surface area contributed by atoms with Crippen molar-refractivity contribution >= 4 is 23.7 Å². The number of carboxylic acid groups (broad SMARTS) is 1. The van der Waals surface area contributed by atoms with E-state index < -0.39 is 17.4 Å². The summed E-state index contributed by atoms with van der Waals surface area (Å²) >= 11 is 1.44. The minimum atomic E-state index is -1.46. The van der Waals surface area contributed by atoms with E-state index in [1.807, 2.05) is 20.8 Å². The SMILES string of the molecule is CCOC(=O)[C@](C)(CSC(C)(C)C)C(=O)O. The van der Waals surface area contributed by atoms with Gasteiger partial charge in [-0.1, -0.05) is 20.8 Å². The molecular weight excluding hydrogens is 228 g/mol. The molecule has 0 radical (unpaired) electrons. The minimum absolute atomic E-state index is 0.0802. The number of ether oxygens (including phenoxy) is 1. The number of hydrogen-bond acceptors (Lipinski definition) is 4. The van der Waals surface area contributed by atoms with E-state index in [2.05, 4.69) is 0 Å². The Kier molecular flexibility index (Phi) is 5.32. The van der Waals surface area contributed by atoms with E-state index >= 15 is 0 Å². The number of rotatable bonds is 5. The zero-order valence-corrected chi connectivity index (χ0v) is 11.3. The summed E-state index contributed by atoms with van der Waals surface area (Å²) in [6, 6.07) is 0. The molecule has 0 bridgehead atoms. The zero-order valence-electron chi connectivity index (χ0n) is 10.5. The molecule has 0 amide bonds. The Bertz CT molecular complexity index is 270. The third kappa shape index (κ3) is 4.43. The van der Waals surface area contributed by atoms with Gasteiger partial charge in [0.25, 0.3) is 0 Å². The molecule has 1 N–H and O–H groups in total. The normalized spacial score (nSPS) is 15.3. The Hall–Kier alpha value is -0.710. The van der Waals surface area contributed by atoms with Crippen LogP contribution in [-0.2, 0) is 14.3 Å². The molecule has 0 unspecified atom stereocenters. The Morgan fingerprint density at radius 3 is 2.06 bits per heavy atom. The van der Waals surface area contributed by atoms with Gasteiger partial charge in [0.05, 0.1) is 6.61 Å². The van der Waals surface area contributed by atoms with E-state index in [1.165, 1.54) is 18.7 Å². The van der Waals surface area contributed by atoms with Gasteiger partial charge in [0.1, 0.15) is 0 Å². The third-order valence-corrected chi connectivity index (χ3v) is 3.58. The van der Waals surface area contributed by atoms with Crippen molar-refractivity contribution in [2.75, 3.05) is 12.4 Å². The van der Waals surface area contributed by atoms with Crippen LogP contribution in [0.5, 0.6) is 0 Å². The van der Waals surface area contributed by atoms with Gasteiger partial charge in [-0.15, -0.1) is 0 Å². The highest BCUT2D eigenvalue weighted by atomic mass is 32.2. The summed E-state index contributed by atoms with van der Waals surface area (Å²) in [5.74, 6) is -1.59. The summed E-state index contributed by atoms with van der Waals surface area (Å²) in [6.45, 7) is 9.20. The molecule has 0 heterocycles. The molecule has 0 aliphatic carbocycles. The topological polar surface area (TPSA) is 63.6 Å². The van der Waals surface area contributed by atoms with Crippen LogP contribution in [-0.4, -0.2) is 34.2 Å². The third-order valence-electron chi connectivity index (χ3n) is 1.99. The Morgan fingerprint density at radius 2 is 1.75 bits per heavy atom. The van der Waals surface area contributed by atoms with Crippen LogP contribution in [0.3, 0.4) is 0 Å². The fourth-order valence-corrected chi connectivity index (χ4v) is 1.82. The fraction of sp³-hybridized carbons (Fsp3) is 0.818.